The minimum atomic E-state index is -0.607. The van der Waals surface area contributed by atoms with Crippen LogP contribution in [0.4, 0.5) is 0 Å². The number of nitrogens with zero attached hydrogens (tertiary/aromatic N) is 2. The normalized spacial score (nSPS) is 14.7. The minimum Gasteiger partial charge on any atom is -0.339 e. The van der Waals surface area contributed by atoms with Gasteiger partial charge < -0.3 is 10.2 Å². The van der Waals surface area contributed by atoms with Crippen LogP contribution in [0.1, 0.15) is 40.7 Å². The van der Waals surface area contributed by atoms with Crippen LogP contribution in [0, 0.1) is 0 Å². The van der Waals surface area contributed by atoms with Crippen LogP contribution in [0.25, 0.3) is 0 Å². The molecule has 26 heavy (non-hydrogen) atoms. The molecule has 0 saturated carbocycles. The predicted octanol–water partition coefficient (Wildman–Crippen LogP) is 3.93. The molecule has 2 amide bonds. The second kappa shape index (κ2) is 8.37. The van der Waals surface area contributed by atoms with Crippen LogP contribution in [0.2, 0.25) is 10.2 Å². The van der Waals surface area contributed by atoms with Crippen molar-refractivity contribution in [1.29, 1.82) is 0 Å². The van der Waals surface area contributed by atoms with E-state index < -0.39 is 11.9 Å². The monoisotopic (exact) mass is 411 g/mol. The molecule has 5 nitrogen and oxygen atoms in total. The van der Waals surface area contributed by atoms with Gasteiger partial charge in [0, 0.05) is 18.0 Å². The van der Waals surface area contributed by atoms with Gasteiger partial charge in [0.25, 0.3) is 5.91 Å². The van der Waals surface area contributed by atoms with E-state index in [1.165, 1.54) is 22.6 Å². The summed E-state index contributed by atoms with van der Waals surface area (Å²) in [5.41, 5.74) is 1.22. The Hall–Kier alpha value is -1.63. The summed E-state index contributed by atoms with van der Waals surface area (Å²) in [5, 5.41) is 5.22. The molecule has 0 spiro atoms. The number of amides is 2. The Kier molecular flexibility index (Phi) is 6.16. The van der Waals surface area contributed by atoms with Crippen molar-refractivity contribution in [2.45, 2.75) is 38.8 Å². The lowest BCUT2D eigenvalue weighted by Gasteiger charge is -2.30. The molecule has 0 aliphatic carbocycles. The topological polar surface area (TPSA) is 62.3 Å². The lowest BCUT2D eigenvalue weighted by atomic mass is 10.1. The third-order valence-corrected chi connectivity index (χ3v) is 5.87. The number of aromatic nitrogens is 1. The molecular formula is C18H19Cl2N3O2S. The van der Waals surface area contributed by atoms with E-state index in [0.29, 0.717) is 19.5 Å². The third kappa shape index (κ3) is 4.19. The van der Waals surface area contributed by atoms with Crippen LogP contribution in [0.5, 0.6) is 0 Å². The number of carbonyl (C=O) groups excluding carboxylic acids is 2. The Morgan fingerprint density at radius 1 is 1.35 bits per heavy atom. The molecule has 0 fully saturated rings. The van der Waals surface area contributed by atoms with Crippen molar-refractivity contribution in [1.82, 2.24) is 15.2 Å². The van der Waals surface area contributed by atoms with Crippen molar-refractivity contribution < 1.29 is 9.59 Å². The van der Waals surface area contributed by atoms with E-state index >= 15 is 0 Å². The van der Waals surface area contributed by atoms with Gasteiger partial charge in [-0.15, -0.1) is 11.3 Å². The van der Waals surface area contributed by atoms with E-state index in [-0.39, 0.29) is 21.8 Å². The van der Waals surface area contributed by atoms with Gasteiger partial charge in [-0.25, -0.2) is 4.98 Å². The number of rotatable bonds is 5. The zero-order valence-corrected chi connectivity index (χ0v) is 16.6. The number of hydrogen-bond acceptors (Lipinski definition) is 4. The summed E-state index contributed by atoms with van der Waals surface area (Å²) in [7, 11) is 0. The maximum Gasteiger partial charge on any atom is 0.272 e. The minimum absolute atomic E-state index is 0.0341. The van der Waals surface area contributed by atoms with Gasteiger partial charge in [-0.1, -0.05) is 36.5 Å². The van der Waals surface area contributed by atoms with E-state index in [1.807, 2.05) is 11.8 Å². The number of thiophene rings is 1. The lowest BCUT2D eigenvalue weighted by Crippen LogP contribution is -2.49. The SMILES string of the molecule is CCCC(NC(=O)c1nc(Cl)ccc1Cl)C(=O)N1CCc2sccc2C1. The van der Waals surface area contributed by atoms with Gasteiger partial charge >= 0.3 is 0 Å². The molecule has 3 rings (SSSR count). The highest BCUT2D eigenvalue weighted by Crippen LogP contribution is 2.25. The quantitative estimate of drug-likeness (QED) is 0.757. The van der Waals surface area contributed by atoms with E-state index in [2.05, 4.69) is 21.7 Å². The zero-order valence-electron chi connectivity index (χ0n) is 14.3. The summed E-state index contributed by atoms with van der Waals surface area (Å²) >= 11 is 13.6. The molecule has 3 heterocycles. The molecule has 1 N–H and O–H groups in total. The van der Waals surface area contributed by atoms with Crippen molar-refractivity contribution in [2.24, 2.45) is 0 Å². The molecule has 2 aromatic heterocycles. The van der Waals surface area contributed by atoms with E-state index in [4.69, 9.17) is 23.2 Å². The van der Waals surface area contributed by atoms with Gasteiger partial charge in [-0.05, 0) is 42.0 Å². The first-order chi connectivity index (χ1) is 12.5. The second-order valence-corrected chi connectivity index (χ2v) is 7.95. The average molecular weight is 412 g/mol. The van der Waals surface area contributed by atoms with Crippen molar-refractivity contribution in [3.8, 4) is 0 Å². The summed E-state index contributed by atoms with van der Waals surface area (Å²) in [6.07, 6.45) is 2.17. The maximum absolute atomic E-state index is 13.0. The highest BCUT2D eigenvalue weighted by molar-refractivity contribution is 7.10. The van der Waals surface area contributed by atoms with Crippen molar-refractivity contribution in [3.05, 3.63) is 49.9 Å². The number of nitrogens with one attached hydrogen (secondary N) is 1. The Morgan fingerprint density at radius 3 is 2.92 bits per heavy atom. The highest BCUT2D eigenvalue weighted by atomic mass is 35.5. The molecule has 1 aliphatic heterocycles. The molecule has 0 bridgehead atoms. The average Bonchev–Trinajstić information content (AvgIpc) is 3.10. The van der Waals surface area contributed by atoms with Gasteiger partial charge in [-0.2, -0.15) is 0 Å². The van der Waals surface area contributed by atoms with E-state index in [0.717, 1.165) is 12.8 Å². The van der Waals surface area contributed by atoms with Crippen molar-refractivity contribution in [3.63, 3.8) is 0 Å². The smallest absolute Gasteiger partial charge is 0.272 e. The van der Waals surface area contributed by atoms with Crippen LogP contribution >= 0.6 is 34.5 Å². The van der Waals surface area contributed by atoms with Crippen LogP contribution in [-0.2, 0) is 17.8 Å². The molecule has 1 atom stereocenters. The molecule has 8 heteroatoms. The van der Waals surface area contributed by atoms with Crippen molar-refractivity contribution >= 4 is 46.4 Å². The van der Waals surface area contributed by atoms with Gasteiger partial charge in [0.1, 0.15) is 16.9 Å². The first kappa shape index (κ1) is 19.1. The number of carbonyl (C=O) groups is 2. The third-order valence-electron chi connectivity index (χ3n) is 4.33. The molecule has 0 aromatic carbocycles. The summed E-state index contributed by atoms with van der Waals surface area (Å²) in [6.45, 7) is 3.23. The predicted molar refractivity (Wildman–Crippen MR) is 104 cm³/mol. The van der Waals surface area contributed by atoms with Gasteiger partial charge in [0.05, 0.1) is 5.02 Å². The number of pyridine rings is 1. The molecule has 2 aromatic rings. The Balaban J connectivity index is 1.73. The Morgan fingerprint density at radius 2 is 2.15 bits per heavy atom. The summed E-state index contributed by atoms with van der Waals surface area (Å²) < 4.78 is 0. The molecule has 1 unspecified atom stereocenters. The summed E-state index contributed by atoms with van der Waals surface area (Å²) in [4.78, 5) is 32.7. The maximum atomic E-state index is 13.0. The van der Waals surface area contributed by atoms with Gasteiger partial charge in [-0.3, -0.25) is 9.59 Å². The molecule has 1 aliphatic rings. The zero-order chi connectivity index (χ0) is 18.7. The summed E-state index contributed by atoms with van der Waals surface area (Å²) in [5.74, 6) is -0.562. The van der Waals surface area contributed by atoms with Crippen LogP contribution in [0.15, 0.2) is 23.6 Å². The molecule has 0 radical (unpaired) electrons. The standard InChI is InChI=1S/C18H19Cl2N3O2S/c1-2-3-13(21-17(24)16-12(19)4-5-15(20)22-16)18(25)23-8-6-14-11(10-23)7-9-26-14/h4-5,7,9,13H,2-3,6,8,10H2,1H3,(H,21,24). The Labute approximate surface area is 166 Å². The van der Waals surface area contributed by atoms with E-state index in [9.17, 15) is 9.59 Å². The Bertz CT molecular complexity index is 825. The number of hydrogen-bond donors (Lipinski definition) is 1. The van der Waals surface area contributed by atoms with Crippen LogP contribution in [-0.4, -0.2) is 34.3 Å². The lowest BCUT2D eigenvalue weighted by molar-refractivity contribution is -0.134. The molecular weight excluding hydrogens is 393 g/mol. The molecule has 0 saturated heterocycles. The number of halogens is 2. The first-order valence-electron chi connectivity index (χ1n) is 8.46. The fourth-order valence-electron chi connectivity index (χ4n) is 3.01. The largest absolute Gasteiger partial charge is 0.339 e. The van der Waals surface area contributed by atoms with Crippen LogP contribution in [0.3, 0.4) is 0 Å². The fraction of sp³-hybridized carbons (Fsp3) is 0.389. The fourth-order valence-corrected chi connectivity index (χ4v) is 4.24. The van der Waals surface area contributed by atoms with E-state index in [1.54, 1.807) is 11.3 Å². The molecule has 138 valence electrons. The van der Waals surface area contributed by atoms with Crippen LogP contribution < -0.4 is 5.32 Å². The van der Waals surface area contributed by atoms with Crippen molar-refractivity contribution in [2.75, 3.05) is 6.54 Å². The van der Waals surface area contributed by atoms with Gasteiger partial charge in [0.2, 0.25) is 5.91 Å². The number of fused-ring (bicyclic) bond motifs is 1. The summed E-state index contributed by atoms with van der Waals surface area (Å²) in [6, 6.07) is 4.49. The second-order valence-electron chi connectivity index (χ2n) is 6.16. The highest BCUT2D eigenvalue weighted by Gasteiger charge is 2.29. The van der Waals surface area contributed by atoms with Gasteiger partial charge in [0.15, 0.2) is 0 Å². The first-order valence-corrected chi connectivity index (χ1v) is 10.1.